The number of carbonyl (C=O) groups excluding carboxylic acids is 3. The van der Waals surface area contributed by atoms with Gasteiger partial charge in [0, 0.05) is 30.5 Å². The monoisotopic (exact) mass is 454 g/mol. The van der Waals surface area contributed by atoms with Gasteiger partial charge in [0.05, 0.1) is 19.4 Å². The number of anilines is 1. The molecular weight excluding hydrogens is 428 g/mol. The van der Waals surface area contributed by atoms with E-state index in [0.717, 1.165) is 12.8 Å². The average molecular weight is 454 g/mol. The lowest BCUT2D eigenvalue weighted by atomic mass is 10.2. The minimum absolute atomic E-state index is 0.0598. The number of nitrogens with zero attached hydrogens (tertiary/aromatic N) is 1. The van der Waals surface area contributed by atoms with Crippen LogP contribution in [0.3, 0.4) is 0 Å². The van der Waals surface area contributed by atoms with Crippen molar-refractivity contribution in [1.29, 1.82) is 0 Å². The van der Waals surface area contributed by atoms with Crippen molar-refractivity contribution in [3.8, 4) is 11.5 Å². The van der Waals surface area contributed by atoms with Crippen LogP contribution in [0.2, 0.25) is 0 Å². The summed E-state index contributed by atoms with van der Waals surface area (Å²) in [7, 11) is 1.54. The van der Waals surface area contributed by atoms with Crippen molar-refractivity contribution in [1.82, 2.24) is 10.7 Å². The molecule has 1 aliphatic rings. The molecule has 3 rings (SSSR count). The number of hydrogen-bond acceptors (Lipinski definition) is 7. The first kappa shape index (κ1) is 23.7. The summed E-state index contributed by atoms with van der Waals surface area (Å²) < 4.78 is 16.1. The standard InChI is InChI=1S/C23H26N4O6/c1-31-18-8-4-7-17(12-18)26-21(28)15-33-20-10-3-2-6-16(20)13-25-27-23(30)22(29)24-14-19-9-5-11-32-19/h2-4,6-8,10,12-13,19H,5,9,11,14-15H2,1H3,(H,24,29)(H,26,28)(H,27,30)/b25-13-/t19-/m1/s1. The van der Waals surface area contributed by atoms with Crippen LogP contribution < -0.4 is 25.5 Å². The highest BCUT2D eigenvalue weighted by molar-refractivity contribution is 6.35. The molecule has 0 aliphatic carbocycles. The molecule has 10 heteroatoms. The van der Waals surface area contributed by atoms with Gasteiger partial charge in [0.1, 0.15) is 11.5 Å². The van der Waals surface area contributed by atoms with Gasteiger partial charge >= 0.3 is 11.8 Å². The van der Waals surface area contributed by atoms with Crippen LogP contribution in [0, 0.1) is 0 Å². The Kier molecular flexibility index (Phi) is 8.78. The second kappa shape index (κ2) is 12.2. The summed E-state index contributed by atoms with van der Waals surface area (Å²) in [4.78, 5) is 35.9. The maximum Gasteiger partial charge on any atom is 0.329 e. The maximum absolute atomic E-state index is 12.2. The number of para-hydroxylation sites is 1. The van der Waals surface area contributed by atoms with E-state index in [9.17, 15) is 14.4 Å². The summed E-state index contributed by atoms with van der Waals surface area (Å²) in [6, 6.07) is 13.8. The Morgan fingerprint density at radius 2 is 2.00 bits per heavy atom. The maximum atomic E-state index is 12.2. The quantitative estimate of drug-likeness (QED) is 0.299. The smallest absolute Gasteiger partial charge is 0.329 e. The molecule has 10 nitrogen and oxygen atoms in total. The van der Waals surface area contributed by atoms with E-state index < -0.39 is 11.8 Å². The fourth-order valence-electron chi connectivity index (χ4n) is 3.06. The zero-order valence-electron chi connectivity index (χ0n) is 18.2. The topological polar surface area (TPSA) is 127 Å². The number of hydrazone groups is 1. The molecule has 1 heterocycles. The molecule has 0 aromatic heterocycles. The van der Waals surface area contributed by atoms with Crippen LogP contribution in [0.5, 0.6) is 11.5 Å². The Balaban J connectivity index is 1.47. The van der Waals surface area contributed by atoms with Gasteiger partial charge in [-0.3, -0.25) is 14.4 Å². The summed E-state index contributed by atoms with van der Waals surface area (Å²) in [5.74, 6) is -1.02. The number of amides is 3. The van der Waals surface area contributed by atoms with Crippen molar-refractivity contribution in [2.45, 2.75) is 18.9 Å². The van der Waals surface area contributed by atoms with E-state index >= 15 is 0 Å². The number of hydrogen-bond donors (Lipinski definition) is 3. The molecule has 0 radical (unpaired) electrons. The largest absolute Gasteiger partial charge is 0.497 e. The summed E-state index contributed by atoms with van der Waals surface area (Å²) in [6.45, 7) is 0.714. The lowest BCUT2D eigenvalue weighted by Gasteiger charge is -2.10. The number of carbonyl (C=O) groups is 3. The van der Waals surface area contributed by atoms with Crippen molar-refractivity contribution >= 4 is 29.6 Å². The molecular formula is C23H26N4O6. The molecule has 1 saturated heterocycles. The van der Waals surface area contributed by atoms with E-state index in [1.807, 2.05) is 0 Å². The van der Waals surface area contributed by atoms with Gasteiger partial charge in [0.2, 0.25) is 0 Å². The highest BCUT2D eigenvalue weighted by Gasteiger charge is 2.19. The van der Waals surface area contributed by atoms with E-state index in [2.05, 4.69) is 21.2 Å². The number of rotatable bonds is 9. The van der Waals surface area contributed by atoms with Gasteiger partial charge < -0.3 is 24.8 Å². The Bertz CT molecular complexity index is 1000. The highest BCUT2D eigenvalue weighted by Crippen LogP contribution is 2.18. The predicted molar refractivity (Wildman–Crippen MR) is 121 cm³/mol. The van der Waals surface area contributed by atoms with Gasteiger partial charge in [0.25, 0.3) is 5.91 Å². The van der Waals surface area contributed by atoms with Crippen LogP contribution in [-0.2, 0) is 19.1 Å². The van der Waals surface area contributed by atoms with Gasteiger partial charge in [-0.2, -0.15) is 5.10 Å². The molecule has 1 fully saturated rings. The van der Waals surface area contributed by atoms with Crippen LogP contribution >= 0.6 is 0 Å². The van der Waals surface area contributed by atoms with E-state index in [0.29, 0.717) is 29.4 Å². The first-order valence-electron chi connectivity index (χ1n) is 10.4. The molecule has 0 spiro atoms. The molecule has 2 aromatic carbocycles. The van der Waals surface area contributed by atoms with Crippen LogP contribution in [0.1, 0.15) is 18.4 Å². The minimum Gasteiger partial charge on any atom is -0.497 e. The average Bonchev–Trinajstić information content (AvgIpc) is 3.35. The van der Waals surface area contributed by atoms with E-state index in [-0.39, 0.29) is 25.2 Å². The van der Waals surface area contributed by atoms with Crippen molar-refractivity contribution in [3.05, 3.63) is 54.1 Å². The fourth-order valence-corrected chi connectivity index (χ4v) is 3.06. The Hall–Kier alpha value is -3.92. The normalized spacial score (nSPS) is 15.1. The van der Waals surface area contributed by atoms with Crippen LogP contribution in [0.25, 0.3) is 0 Å². The molecule has 1 aliphatic heterocycles. The van der Waals surface area contributed by atoms with Crippen molar-refractivity contribution in [3.63, 3.8) is 0 Å². The highest BCUT2D eigenvalue weighted by atomic mass is 16.5. The first-order valence-corrected chi connectivity index (χ1v) is 10.4. The summed E-state index contributed by atoms with van der Waals surface area (Å²) >= 11 is 0. The third-order valence-corrected chi connectivity index (χ3v) is 4.72. The molecule has 1 atom stereocenters. The molecule has 0 bridgehead atoms. The molecule has 33 heavy (non-hydrogen) atoms. The SMILES string of the molecule is COc1cccc(NC(=O)COc2ccccc2/C=N\NC(=O)C(=O)NC[C@H]2CCCO2)c1. The van der Waals surface area contributed by atoms with E-state index in [4.69, 9.17) is 14.2 Å². The van der Waals surface area contributed by atoms with Gasteiger partial charge in [-0.05, 0) is 37.1 Å². The Labute approximate surface area is 191 Å². The zero-order chi connectivity index (χ0) is 23.5. The second-order valence-corrected chi connectivity index (χ2v) is 7.15. The van der Waals surface area contributed by atoms with Crippen LogP contribution in [0.15, 0.2) is 53.6 Å². The Morgan fingerprint density at radius 3 is 2.79 bits per heavy atom. The van der Waals surface area contributed by atoms with Crippen LogP contribution in [-0.4, -0.2) is 56.9 Å². The van der Waals surface area contributed by atoms with Crippen molar-refractivity contribution in [2.75, 3.05) is 32.2 Å². The van der Waals surface area contributed by atoms with Crippen LogP contribution in [0.4, 0.5) is 5.69 Å². The molecule has 0 unspecified atom stereocenters. The number of methoxy groups -OCH3 is 1. The fraction of sp³-hybridized carbons (Fsp3) is 0.304. The van der Waals surface area contributed by atoms with Crippen molar-refractivity contribution in [2.24, 2.45) is 5.10 Å². The molecule has 3 amide bonds. The number of ether oxygens (including phenoxy) is 3. The van der Waals surface area contributed by atoms with Crippen molar-refractivity contribution < 1.29 is 28.6 Å². The third-order valence-electron chi connectivity index (χ3n) is 4.72. The molecule has 174 valence electrons. The summed E-state index contributed by atoms with van der Waals surface area (Å²) in [5.41, 5.74) is 3.27. The van der Waals surface area contributed by atoms with Gasteiger partial charge in [-0.1, -0.05) is 18.2 Å². The van der Waals surface area contributed by atoms with E-state index in [1.165, 1.54) is 6.21 Å². The molecule has 0 saturated carbocycles. The Morgan fingerprint density at radius 1 is 1.15 bits per heavy atom. The molecule has 2 aromatic rings. The predicted octanol–water partition coefficient (Wildman–Crippen LogP) is 1.46. The first-order chi connectivity index (χ1) is 16.0. The summed E-state index contributed by atoms with van der Waals surface area (Å²) in [6.07, 6.45) is 3.08. The molecule has 3 N–H and O–H groups in total. The number of nitrogens with one attached hydrogen (secondary N) is 3. The summed E-state index contributed by atoms with van der Waals surface area (Å²) in [5, 5.41) is 9.04. The van der Waals surface area contributed by atoms with Gasteiger partial charge in [-0.25, -0.2) is 5.43 Å². The number of benzene rings is 2. The third kappa shape index (κ3) is 7.62. The van der Waals surface area contributed by atoms with E-state index in [1.54, 1.807) is 55.6 Å². The second-order valence-electron chi connectivity index (χ2n) is 7.15. The van der Waals surface area contributed by atoms with Gasteiger partial charge in [0.15, 0.2) is 6.61 Å². The lowest BCUT2D eigenvalue weighted by molar-refractivity contribution is -0.139. The lowest BCUT2D eigenvalue weighted by Crippen LogP contribution is -2.41. The van der Waals surface area contributed by atoms with Gasteiger partial charge in [-0.15, -0.1) is 0 Å². The zero-order valence-corrected chi connectivity index (χ0v) is 18.2. The minimum atomic E-state index is -0.889.